The molecule has 19 heavy (non-hydrogen) atoms. The molecule has 0 saturated carbocycles. The number of hydrogen-bond donors (Lipinski definition) is 2. The number of nitrogens with zero attached hydrogens (tertiary/aromatic N) is 1. The van der Waals surface area contributed by atoms with Crippen LogP contribution in [0.5, 0.6) is 5.88 Å². The summed E-state index contributed by atoms with van der Waals surface area (Å²) in [4.78, 5) is 11.3. The molecule has 0 fully saturated rings. The summed E-state index contributed by atoms with van der Waals surface area (Å²) in [7, 11) is -7.28. The summed E-state index contributed by atoms with van der Waals surface area (Å²) >= 11 is 0. The van der Waals surface area contributed by atoms with Gasteiger partial charge >= 0.3 is 0 Å². The Morgan fingerprint density at radius 1 is 1.21 bits per heavy atom. The smallest absolute Gasteiger partial charge is 0.269 e. The molecule has 1 aromatic heterocycles. The van der Waals surface area contributed by atoms with Crippen LogP contribution in [0.25, 0.3) is 0 Å². The Hall–Kier alpha value is -1.39. The molecule has 0 aliphatic rings. The summed E-state index contributed by atoms with van der Waals surface area (Å²) in [5.74, 6) is -1.79. The van der Waals surface area contributed by atoms with Crippen molar-refractivity contribution in [3.8, 4) is 5.88 Å². The molecule has 1 aromatic rings. The second-order valence-electron chi connectivity index (χ2n) is 4.12. The molecule has 0 aliphatic carbocycles. The van der Waals surface area contributed by atoms with Gasteiger partial charge in [0, 0.05) is 18.9 Å². The van der Waals surface area contributed by atoms with E-state index in [0.29, 0.717) is 4.57 Å². The highest BCUT2D eigenvalue weighted by molar-refractivity contribution is 7.90. The normalized spacial score (nSPS) is 12.6. The average Bonchev–Trinajstić information content (AvgIpc) is 2.18. The van der Waals surface area contributed by atoms with Gasteiger partial charge in [0.05, 0.1) is 0 Å². The highest BCUT2D eigenvalue weighted by Crippen LogP contribution is 2.26. The van der Waals surface area contributed by atoms with Gasteiger partial charge in [0.2, 0.25) is 5.88 Å². The Bertz CT molecular complexity index is 787. The molecule has 0 atom stereocenters. The molecule has 1 rings (SSSR count). The number of aromatic hydroxyl groups is 1. The van der Waals surface area contributed by atoms with Crippen LogP contribution in [0.15, 0.2) is 9.69 Å². The molecule has 0 bridgehead atoms. The maximum Gasteiger partial charge on any atom is 0.269 e. The largest absolute Gasteiger partial charge is 0.493 e. The van der Waals surface area contributed by atoms with E-state index in [2.05, 4.69) is 0 Å². The molecule has 8 nitrogen and oxygen atoms in total. The van der Waals surface area contributed by atoms with Crippen LogP contribution < -0.4 is 5.56 Å². The van der Waals surface area contributed by atoms with Crippen molar-refractivity contribution < 1.29 is 26.5 Å². The summed E-state index contributed by atoms with van der Waals surface area (Å²) in [6.07, 6.45) is 0.816. The zero-order valence-electron chi connectivity index (χ0n) is 10.4. The number of rotatable bonds is 3. The van der Waals surface area contributed by atoms with Crippen molar-refractivity contribution in [1.82, 2.24) is 4.57 Å². The van der Waals surface area contributed by atoms with Crippen molar-refractivity contribution in [1.29, 1.82) is 0 Å². The van der Waals surface area contributed by atoms with E-state index in [9.17, 15) is 26.7 Å². The van der Waals surface area contributed by atoms with Gasteiger partial charge in [0.15, 0.2) is 9.84 Å². The summed E-state index contributed by atoms with van der Waals surface area (Å²) in [6.45, 7) is 1.19. The van der Waals surface area contributed by atoms with Crippen molar-refractivity contribution in [3.63, 3.8) is 0 Å². The molecule has 0 aliphatic heterocycles. The van der Waals surface area contributed by atoms with E-state index in [4.69, 9.17) is 4.55 Å². The lowest BCUT2D eigenvalue weighted by molar-refractivity contribution is 0.403. The molecule has 0 spiro atoms. The van der Waals surface area contributed by atoms with E-state index in [0.717, 1.165) is 13.3 Å². The van der Waals surface area contributed by atoms with E-state index in [-0.39, 0.29) is 5.56 Å². The molecular formula is C9H13NO7S2. The molecule has 1 heterocycles. The average molecular weight is 311 g/mol. The van der Waals surface area contributed by atoms with Crippen molar-refractivity contribution in [2.45, 2.75) is 17.6 Å². The monoisotopic (exact) mass is 311 g/mol. The fourth-order valence-electron chi connectivity index (χ4n) is 1.71. The molecule has 0 radical (unpaired) electrons. The first-order chi connectivity index (χ1) is 8.36. The maximum absolute atomic E-state index is 11.8. The SMILES string of the molecule is Cc1c(S(C)(=O)=O)c(O)n(C)c(=O)c1CS(=O)(=O)O. The molecule has 0 aromatic carbocycles. The van der Waals surface area contributed by atoms with Crippen LogP contribution in [-0.4, -0.2) is 37.3 Å². The highest BCUT2D eigenvalue weighted by atomic mass is 32.2. The van der Waals surface area contributed by atoms with Crippen LogP contribution in [0.3, 0.4) is 0 Å². The Labute approximate surface area is 110 Å². The van der Waals surface area contributed by atoms with Crippen LogP contribution in [0, 0.1) is 6.92 Å². The Balaban J connectivity index is 3.88. The third kappa shape index (κ3) is 3.14. The van der Waals surface area contributed by atoms with Gasteiger partial charge in [-0.1, -0.05) is 0 Å². The Morgan fingerprint density at radius 3 is 2.05 bits per heavy atom. The molecule has 0 amide bonds. The van der Waals surface area contributed by atoms with Gasteiger partial charge in [-0.25, -0.2) is 8.42 Å². The lowest BCUT2D eigenvalue weighted by Crippen LogP contribution is -2.26. The van der Waals surface area contributed by atoms with Crippen molar-refractivity contribution in [3.05, 3.63) is 21.5 Å². The minimum absolute atomic E-state index is 0.194. The van der Waals surface area contributed by atoms with Gasteiger partial charge < -0.3 is 5.11 Å². The van der Waals surface area contributed by atoms with Crippen LogP contribution >= 0.6 is 0 Å². The first-order valence-corrected chi connectivity index (χ1v) is 8.43. The highest BCUT2D eigenvalue weighted by Gasteiger charge is 2.26. The van der Waals surface area contributed by atoms with Crippen LogP contribution in [0.2, 0.25) is 0 Å². The maximum atomic E-state index is 11.8. The summed E-state index contributed by atoms with van der Waals surface area (Å²) < 4.78 is 54.3. The van der Waals surface area contributed by atoms with Crippen molar-refractivity contribution >= 4 is 20.0 Å². The van der Waals surface area contributed by atoms with Gasteiger partial charge in [0.1, 0.15) is 10.6 Å². The fraction of sp³-hybridized carbons (Fsp3) is 0.444. The predicted molar refractivity (Wildman–Crippen MR) is 66.4 cm³/mol. The van der Waals surface area contributed by atoms with Crippen LogP contribution in [-0.2, 0) is 32.8 Å². The molecule has 108 valence electrons. The number of pyridine rings is 1. The van der Waals surface area contributed by atoms with Gasteiger partial charge in [0.25, 0.3) is 15.7 Å². The molecule has 10 heteroatoms. The number of aromatic nitrogens is 1. The summed E-state index contributed by atoms with van der Waals surface area (Å²) in [5, 5.41) is 9.69. The van der Waals surface area contributed by atoms with Crippen LogP contribution in [0.1, 0.15) is 11.1 Å². The first-order valence-electron chi connectivity index (χ1n) is 4.93. The van der Waals surface area contributed by atoms with E-state index in [1.54, 1.807) is 0 Å². The predicted octanol–water partition coefficient (Wildman–Crippen LogP) is -0.809. The molecular weight excluding hydrogens is 298 g/mol. The lowest BCUT2D eigenvalue weighted by atomic mass is 10.2. The minimum atomic E-state index is -4.50. The quantitative estimate of drug-likeness (QED) is 0.698. The van der Waals surface area contributed by atoms with Gasteiger partial charge in [-0.2, -0.15) is 8.42 Å². The third-order valence-electron chi connectivity index (χ3n) is 2.57. The first kappa shape index (κ1) is 15.7. The summed E-state index contributed by atoms with van der Waals surface area (Å²) in [6, 6.07) is 0. The number of sulfone groups is 1. The van der Waals surface area contributed by atoms with Gasteiger partial charge in [-0.3, -0.25) is 13.9 Å². The second-order valence-corrected chi connectivity index (χ2v) is 7.52. The third-order valence-corrected chi connectivity index (χ3v) is 4.46. The topological polar surface area (TPSA) is 131 Å². The second kappa shape index (κ2) is 4.62. The standard InChI is InChI=1S/C9H13NO7S2/c1-5-6(4-19(15,16)17)8(11)10(2)9(12)7(5)18(3,13)14/h12H,4H2,1-3H3,(H,15,16,17). The zero-order valence-corrected chi connectivity index (χ0v) is 12.0. The van der Waals surface area contributed by atoms with E-state index < -0.39 is 47.6 Å². The number of hydrogen-bond acceptors (Lipinski definition) is 6. The Morgan fingerprint density at radius 2 is 1.68 bits per heavy atom. The van der Waals surface area contributed by atoms with Gasteiger partial charge in [-0.15, -0.1) is 0 Å². The van der Waals surface area contributed by atoms with Crippen molar-refractivity contribution in [2.24, 2.45) is 7.05 Å². The van der Waals surface area contributed by atoms with E-state index >= 15 is 0 Å². The zero-order chi connectivity index (χ0) is 15.2. The Kier molecular flexibility index (Phi) is 3.81. The van der Waals surface area contributed by atoms with Crippen molar-refractivity contribution in [2.75, 3.05) is 6.26 Å². The summed E-state index contributed by atoms with van der Waals surface area (Å²) in [5.41, 5.74) is -1.48. The lowest BCUT2D eigenvalue weighted by Gasteiger charge is -2.13. The molecule has 0 saturated heterocycles. The van der Waals surface area contributed by atoms with Crippen LogP contribution in [0.4, 0.5) is 0 Å². The molecule has 2 N–H and O–H groups in total. The van der Waals surface area contributed by atoms with E-state index in [1.165, 1.54) is 6.92 Å². The fourth-order valence-corrected chi connectivity index (χ4v) is 3.57. The van der Waals surface area contributed by atoms with E-state index in [1.807, 2.05) is 0 Å². The minimum Gasteiger partial charge on any atom is -0.493 e. The molecule has 0 unspecified atom stereocenters. The van der Waals surface area contributed by atoms with Gasteiger partial charge in [-0.05, 0) is 12.5 Å².